The molecule has 6 rings (SSSR count). The zero-order valence-electron chi connectivity index (χ0n) is 12.6. The van der Waals surface area contributed by atoms with Crippen molar-refractivity contribution in [1.29, 1.82) is 0 Å². The molecule has 3 aliphatic carbocycles. The third kappa shape index (κ3) is 1.03. The van der Waals surface area contributed by atoms with Crippen molar-refractivity contribution < 1.29 is 9.90 Å². The van der Waals surface area contributed by atoms with Gasteiger partial charge >= 0.3 is 0 Å². The van der Waals surface area contributed by atoms with Gasteiger partial charge in [-0.1, -0.05) is 0 Å². The predicted octanol–water partition coefficient (Wildman–Crippen LogP) is 0.697. The Kier molecular flexibility index (Phi) is 1.94. The van der Waals surface area contributed by atoms with Crippen LogP contribution >= 0.6 is 0 Å². The number of aliphatic hydroxyl groups excluding tert-OH is 1. The lowest BCUT2D eigenvalue weighted by atomic mass is 9.59. The van der Waals surface area contributed by atoms with Crippen LogP contribution in [0.4, 0.5) is 0 Å². The topological polar surface area (TPSA) is 43.8 Å². The minimum atomic E-state index is -0.326. The van der Waals surface area contributed by atoms with Gasteiger partial charge in [0.15, 0.2) is 0 Å². The van der Waals surface area contributed by atoms with E-state index in [0.717, 1.165) is 25.8 Å². The minimum Gasteiger partial charge on any atom is -0.392 e. The smallest absolute Gasteiger partial charge is 0.144 e. The molecule has 1 spiro atoms. The number of rotatable bonds is 0. The summed E-state index contributed by atoms with van der Waals surface area (Å²) in [5.41, 5.74) is 0.252. The van der Waals surface area contributed by atoms with Gasteiger partial charge in [0, 0.05) is 35.9 Å². The summed E-state index contributed by atoms with van der Waals surface area (Å²) in [4.78, 5) is 18.4. The van der Waals surface area contributed by atoms with Crippen molar-refractivity contribution in [2.24, 2.45) is 29.1 Å². The van der Waals surface area contributed by atoms with Crippen LogP contribution in [0.5, 0.6) is 0 Å². The lowest BCUT2D eigenvalue weighted by Crippen LogP contribution is -2.62. The van der Waals surface area contributed by atoms with Gasteiger partial charge in [0.25, 0.3) is 0 Å². The SMILES string of the molecule is CN1CC[C@H]2C3C(=O)[C@H]4C5C[C@@H](C[C@@H]6N2[C@H]1CC[C@@]536)[C@@H]4O. The number of hydrogen-bond acceptors (Lipinski definition) is 4. The number of aliphatic hydroxyl groups is 1. The molecule has 6 aliphatic rings. The summed E-state index contributed by atoms with van der Waals surface area (Å²) in [6.45, 7) is 1.14. The lowest BCUT2D eigenvalue weighted by Gasteiger charge is -2.55. The van der Waals surface area contributed by atoms with Crippen LogP contribution in [0.15, 0.2) is 0 Å². The van der Waals surface area contributed by atoms with Crippen LogP contribution in [0, 0.1) is 29.1 Å². The van der Waals surface area contributed by atoms with Gasteiger partial charge in [0.1, 0.15) is 5.78 Å². The molecule has 6 fully saturated rings. The third-order valence-corrected chi connectivity index (χ3v) is 8.49. The Morgan fingerprint density at radius 1 is 1.29 bits per heavy atom. The number of hydrogen-bond donors (Lipinski definition) is 1. The van der Waals surface area contributed by atoms with Crippen LogP contribution < -0.4 is 0 Å². The molecular weight excluding hydrogens is 264 g/mol. The Hall–Kier alpha value is -0.450. The number of piperidine rings is 1. The molecule has 2 unspecified atom stereocenters. The monoisotopic (exact) mass is 288 g/mol. The second-order valence-electron chi connectivity index (χ2n) is 8.67. The van der Waals surface area contributed by atoms with Crippen LogP contribution in [0.1, 0.15) is 32.1 Å². The van der Waals surface area contributed by atoms with Crippen molar-refractivity contribution in [3.05, 3.63) is 0 Å². The van der Waals surface area contributed by atoms with Crippen LogP contribution in [0.3, 0.4) is 0 Å². The molecule has 4 nitrogen and oxygen atoms in total. The Balaban J connectivity index is 1.59. The van der Waals surface area contributed by atoms with E-state index < -0.39 is 0 Å². The fourth-order valence-corrected chi connectivity index (χ4v) is 8.03. The maximum atomic E-state index is 13.2. The van der Waals surface area contributed by atoms with Crippen molar-refractivity contribution in [2.45, 2.75) is 56.5 Å². The standard InChI is InChI=1S/C17H24N2O2/c1-18-5-3-10-14-16(21)13-9-6-8(15(13)20)7-11-17(9,14)4-2-12(18)19(10)11/h8-15,20H,2-7H2,1H3/t8-,9?,10-,11-,12-,13-,14?,15-,17-/m0/s1. The lowest BCUT2D eigenvalue weighted by molar-refractivity contribution is -0.129. The predicted molar refractivity (Wildman–Crippen MR) is 76.3 cm³/mol. The first kappa shape index (κ1) is 12.0. The Labute approximate surface area is 125 Å². The molecule has 114 valence electrons. The Morgan fingerprint density at radius 3 is 3.00 bits per heavy atom. The number of fused-ring (bicyclic) bond motifs is 2. The van der Waals surface area contributed by atoms with E-state index in [4.69, 9.17) is 0 Å². The maximum absolute atomic E-state index is 13.2. The molecule has 0 radical (unpaired) electrons. The zero-order chi connectivity index (χ0) is 14.1. The van der Waals surface area contributed by atoms with Gasteiger partial charge in [-0.2, -0.15) is 0 Å². The van der Waals surface area contributed by atoms with Gasteiger partial charge in [-0.3, -0.25) is 14.6 Å². The molecule has 4 heteroatoms. The summed E-state index contributed by atoms with van der Waals surface area (Å²) in [5, 5.41) is 10.7. The van der Waals surface area contributed by atoms with Crippen LogP contribution in [-0.4, -0.2) is 58.6 Å². The second kappa shape index (κ2) is 3.39. The molecule has 3 saturated carbocycles. The molecule has 0 aromatic carbocycles. The van der Waals surface area contributed by atoms with E-state index in [1.807, 2.05) is 0 Å². The second-order valence-corrected chi connectivity index (χ2v) is 8.67. The molecule has 0 amide bonds. The molecular formula is C17H24N2O2. The number of carbonyl (C=O) groups excluding carboxylic acids is 1. The van der Waals surface area contributed by atoms with Gasteiger partial charge in [0.05, 0.1) is 12.3 Å². The number of carbonyl (C=O) groups is 1. The van der Waals surface area contributed by atoms with E-state index in [1.165, 1.54) is 12.8 Å². The summed E-state index contributed by atoms with van der Waals surface area (Å²) in [6.07, 6.45) is 6.14. The van der Waals surface area contributed by atoms with Crippen LogP contribution in [-0.2, 0) is 4.79 Å². The summed E-state index contributed by atoms with van der Waals surface area (Å²) < 4.78 is 0. The maximum Gasteiger partial charge on any atom is 0.144 e. The van der Waals surface area contributed by atoms with E-state index in [1.54, 1.807) is 0 Å². The molecule has 3 saturated heterocycles. The first-order valence-corrected chi connectivity index (χ1v) is 8.84. The highest BCUT2D eigenvalue weighted by atomic mass is 16.3. The normalized spacial score (nSPS) is 64.4. The molecule has 21 heavy (non-hydrogen) atoms. The average molecular weight is 288 g/mol. The van der Waals surface area contributed by atoms with Crippen molar-refractivity contribution in [3.63, 3.8) is 0 Å². The Morgan fingerprint density at radius 2 is 2.14 bits per heavy atom. The van der Waals surface area contributed by atoms with Gasteiger partial charge in [-0.05, 0) is 51.0 Å². The van der Waals surface area contributed by atoms with E-state index in [2.05, 4.69) is 16.8 Å². The highest BCUT2D eigenvalue weighted by molar-refractivity contribution is 5.90. The van der Waals surface area contributed by atoms with Crippen molar-refractivity contribution in [2.75, 3.05) is 13.6 Å². The number of Topliss-reactive ketones (excluding diaryl/α,β-unsaturated/α-hetero) is 1. The summed E-state index contributed by atoms with van der Waals surface area (Å²) in [5.74, 6) is 1.62. The Bertz CT molecular complexity index is 551. The van der Waals surface area contributed by atoms with Crippen molar-refractivity contribution in [1.82, 2.24) is 9.80 Å². The van der Waals surface area contributed by atoms with E-state index in [9.17, 15) is 9.90 Å². The van der Waals surface area contributed by atoms with Crippen LogP contribution in [0.2, 0.25) is 0 Å². The summed E-state index contributed by atoms with van der Waals surface area (Å²) >= 11 is 0. The summed E-state index contributed by atoms with van der Waals surface area (Å²) in [7, 11) is 2.25. The van der Waals surface area contributed by atoms with Gasteiger partial charge in [-0.25, -0.2) is 0 Å². The average Bonchev–Trinajstić information content (AvgIpc) is 2.99. The van der Waals surface area contributed by atoms with E-state index in [0.29, 0.717) is 35.9 Å². The summed E-state index contributed by atoms with van der Waals surface area (Å²) in [6, 6.07) is 1.08. The van der Waals surface area contributed by atoms with Gasteiger partial charge < -0.3 is 5.11 Å². The van der Waals surface area contributed by atoms with Crippen molar-refractivity contribution >= 4 is 5.78 Å². The quantitative estimate of drug-likeness (QED) is 0.712. The molecule has 3 heterocycles. The highest BCUT2D eigenvalue weighted by Gasteiger charge is 2.78. The third-order valence-electron chi connectivity index (χ3n) is 8.49. The molecule has 1 N–H and O–H groups in total. The van der Waals surface area contributed by atoms with E-state index >= 15 is 0 Å². The van der Waals surface area contributed by atoms with Gasteiger partial charge in [0.2, 0.25) is 0 Å². The van der Waals surface area contributed by atoms with Crippen molar-refractivity contribution in [3.8, 4) is 0 Å². The molecule has 9 atom stereocenters. The van der Waals surface area contributed by atoms with Gasteiger partial charge in [-0.15, -0.1) is 0 Å². The first-order valence-electron chi connectivity index (χ1n) is 8.84. The fourth-order valence-electron chi connectivity index (χ4n) is 8.03. The molecule has 0 aromatic rings. The highest BCUT2D eigenvalue weighted by Crippen LogP contribution is 2.73. The number of nitrogens with zero attached hydrogens (tertiary/aromatic N) is 2. The first-order chi connectivity index (χ1) is 10.1. The molecule has 3 aliphatic heterocycles. The van der Waals surface area contributed by atoms with Crippen LogP contribution in [0.25, 0.3) is 0 Å². The van der Waals surface area contributed by atoms with E-state index in [-0.39, 0.29) is 23.4 Å². The molecule has 4 bridgehead atoms. The molecule has 0 aromatic heterocycles. The fraction of sp³-hybridized carbons (Fsp3) is 0.941. The zero-order valence-corrected chi connectivity index (χ0v) is 12.6. The minimum absolute atomic E-state index is 0.00311. The largest absolute Gasteiger partial charge is 0.392 e. The number of ketones is 1.